The number of amides is 1. The van der Waals surface area contributed by atoms with E-state index in [4.69, 9.17) is 0 Å². The third-order valence-electron chi connectivity index (χ3n) is 3.15. The lowest BCUT2D eigenvalue weighted by Crippen LogP contribution is -2.12. The van der Waals surface area contributed by atoms with Crippen molar-refractivity contribution in [3.05, 3.63) is 53.9 Å². The molecule has 1 aromatic carbocycles. The Morgan fingerprint density at radius 2 is 1.95 bits per heavy atom. The number of hydrogen-bond acceptors (Lipinski definition) is 3. The van der Waals surface area contributed by atoms with E-state index in [9.17, 15) is 4.79 Å². The number of carbonyl (C=O) groups is 1. The summed E-state index contributed by atoms with van der Waals surface area (Å²) in [6, 6.07) is 13.2. The Bertz CT molecular complexity index is 744. The van der Waals surface area contributed by atoms with Gasteiger partial charge in [0.2, 0.25) is 0 Å². The lowest BCUT2D eigenvalue weighted by molar-refractivity contribution is 0.102. The number of carbonyl (C=O) groups excluding carboxylic acids is 1. The molecular formula is C15H15N5O. The van der Waals surface area contributed by atoms with Crippen LogP contribution in [0.4, 0.5) is 5.82 Å². The molecule has 6 heteroatoms. The molecule has 0 aliphatic rings. The number of aromatic amines is 2. The predicted molar refractivity (Wildman–Crippen MR) is 79.9 cm³/mol. The third kappa shape index (κ3) is 2.84. The summed E-state index contributed by atoms with van der Waals surface area (Å²) >= 11 is 0. The van der Waals surface area contributed by atoms with Crippen LogP contribution in [0.25, 0.3) is 11.3 Å². The molecule has 0 bridgehead atoms. The van der Waals surface area contributed by atoms with Gasteiger partial charge in [0.15, 0.2) is 5.82 Å². The summed E-state index contributed by atoms with van der Waals surface area (Å²) in [5.41, 5.74) is 3.06. The van der Waals surface area contributed by atoms with Crippen LogP contribution in [0.1, 0.15) is 23.1 Å². The van der Waals surface area contributed by atoms with E-state index in [2.05, 4.69) is 25.7 Å². The van der Waals surface area contributed by atoms with E-state index >= 15 is 0 Å². The van der Waals surface area contributed by atoms with Crippen LogP contribution in [0.2, 0.25) is 0 Å². The highest BCUT2D eigenvalue weighted by atomic mass is 16.2. The Kier molecular flexibility index (Phi) is 3.51. The largest absolute Gasteiger partial charge is 0.304 e. The van der Waals surface area contributed by atoms with Crippen molar-refractivity contribution in [2.24, 2.45) is 0 Å². The van der Waals surface area contributed by atoms with Crippen molar-refractivity contribution >= 4 is 11.7 Å². The molecule has 1 amide bonds. The van der Waals surface area contributed by atoms with Crippen LogP contribution >= 0.6 is 0 Å². The lowest BCUT2D eigenvalue weighted by atomic mass is 10.1. The molecule has 0 aliphatic carbocycles. The van der Waals surface area contributed by atoms with Gasteiger partial charge < -0.3 is 5.32 Å². The van der Waals surface area contributed by atoms with E-state index in [-0.39, 0.29) is 5.91 Å². The summed E-state index contributed by atoms with van der Waals surface area (Å²) in [6.45, 7) is 2.01. The van der Waals surface area contributed by atoms with E-state index in [0.29, 0.717) is 11.5 Å². The fraction of sp³-hybridized carbons (Fsp3) is 0.133. The Balaban J connectivity index is 1.75. The van der Waals surface area contributed by atoms with E-state index in [1.165, 1.54) is 0 Å². The van der Waals surface area contributed by atoms with Gasteiger partial charge in [-0.15, -0.1) is 0 Å². The minimum atomic E-state index is -0.265. The van der Waals surface area contributed by atoms with Crippen LogP contribution in [0, 0.1) is 0 Å². The predicted octanol–water partition coefficient (Wildman–Crippen LogP) is 2.61. The SMILES string of the molecule is CCc1cc(NC(=O)c2cc(-c3ccccc3)n[nH]2)n[nH]1. The summed E-state index contributed by atoms with van der Waals surface area (Å²) in [5.74, 6) is 0.242. The first-order chi connectivity index (χ1) is 10.3. The van der Waals surface area contributed by atoms with Gasteiger partial charge in [0.05, 0.1) is 5.69 Å². The molecule has 0 aliphatic heterocycles. The summed E-state index contributed by atoms with van der Waals surface area (Å²) < 4.78 is 0. The maximum atomic E-state index is 12.1. The summed E-state index contributed by atoms with van der Waals surface area (Å²) in [6.07, 6.45) is 0.838. The minimum Gasteiger partial charge on any atom is -0.304 e. The average molecular weight is 281 g/mol. The number of aryl methyl sites for hydroxylation is 1. The van der Waals surface area contributed by atoms with Crippen LogP contribution in [0.5, 0.6) is 0 Å². The third-order valence-corrected chi connectivity index (χ3v) is 3.15. The van der Waals surface area contributed by atoms with Gasteiger partial charge in [0.25, 0.3) is 5.91 Å². The molecule has 2 aromatic heterocycles. The van der Waals surface area contributed by atoms with Gasteiger partial charge in [-0.2, -0.15) is 10.2 Å². The van der Waals surface area contributed by atoms with Gasteiger partial charge >= 0.3 is 0 Å². The number of rotatable bonds is 4. The van der Waals surface area contributed by atoms with Crippen molar-refractivity contribution < 1.29 is 4.79 Å². The number of hydrogen-bond donors (Lipinski definition) is 3. The first-order valence-electron chi connectivity index (χ1n) is 6.72. The Morgan fingerprint density at radius 3 is 2.67 bits per heavy atom. The molecule has 6 nitrogen and oxygen atoms in total. The van der Waals surface area contributed by atoms with Gasteiger partial charge in [-0.05, 0) is 12.5 Å². The topological polar surface area (TPSA) is 86.5 Å². The van der Waals surface area contributed by atoms with Crippen LogP contribution in [-0.2, 0) is 6.42 Å². The van der Waals surface area contributed by atoms with E-state index < -0.39 is 0 Å². The van der Waals surface area contributed by atoms with E-state index in [1.807, 2.05) is 43.3 Å². The quantitative estimate of drug-likeness (QED) is 0.687. The molecule has 0 radical (unpaired) electrons. The number of H-pyrrole nitrogens is 2. The van der Waals surface area contributed by atoms with Gasteiger partial charge in [-0.3, -0.25) is 15.0 Å². The molecule has 0 atom stereocenters. The summed E-state index contributed by atoms with van der Waals surface area (Å²) in [5, 5.41) is 16.5. The van der Waals surface area contributed by atoms with E-state index in [1.54, 1.807) is 6.07 Å². The number of nitrogens with zero attached hydrogens (tertiary/aromatic N) is 2. The molecule has 21 heavy (non-hydrogen) atoms. The second-order valence-corrected chi connectivity index (χ2v) is 4.62. The monoisotopic (exact) mass is 281 g/mol. The number of anilines is 1. The smallest absolute Gasteiger partial charge is 0.274 e. The molecular weight excluding hydrogens is 266 g/mol. The van der Waals surface area contributed by atoms with Crippen molar-refractivity contribution in [1.29, 1.82) is 0 Å². The fourth-order valence-corrected chi connectivity index (χ4v) is 1.99. The normalized spacial score (nSPS) is 10.5. The number of nitrogens with one attached hydrogen (secondary N) is 3. The van der Waals surface area contributed by atoms with Crippen molar-refractivity contribution in [2.75, 3.05) is 5.32 Å². The zero-order valence-electron chi connectivity index (χ0n) is 11.6. The number of aromatic nitrogens is 4. The molecule has 3 rings (SSSR count). The maximum Gasteiger partial charge on any atom is 0.274 e. The minimum absolute atomic E-state index is 0.265. The van der Waals surface area contributed by atoms with Gasteiger partial charge in [-0.1, -0.05) is 37.3 Å². The Labute approximate surface area is 121 Å². The highest BCUT2D eigenvalue weighted by molar-refractivity contribution is 6.02. The average Bonchev–Trinajstić information content (AvgIpc) is 3.17. The Morgan fingerprint density at radius 1 is 1.14 bits per heavy atom. The first-order valence-corrected chi connectivity index (χ1v) is 6.72. The molecule has 106 valence electrons. The first kappa shape index (κ1) is 13.1. The van der Waals surface area contributed by atoms with Gasteiger partial charge in [0.1, 0.15) is 5.69 Å². The van der Waals surface area contributed by atoms with Crippen molar-refractivity contribution in [3.63, 3.8) is 0 Å². The highest BCUT2D eigenvalue weighted by Gasteiger charge is 2.12. The zero-order valence-corrected chi connectivity index (χ0v) is 11.6. The van der Waals surface area contributed by atoms with Crippen LogP contribution in [0.15, 0.2) is 42.5 Å². The zero-order chi connectivity index (χ0) is 14.7. The number of benzene rings is 1. The second kappa shape index (κ2) is 5.62. The molecule has 0 fully saturated rings. The van der Waals surface area contributed by atoms with Gasteiger partial charge in [-0.25, -0.2) is 0 Å². The van der Waals surface area contributed by atoms with Crippen LogP contribution < -0.4 is 5.32 Å². The molecule has 0 saturated heterocycles. The maximum absolute atomic E-state index is 12.1. The second-order valence-electron chi connectivity index (χ2n) is 4.62. The molecule has 3 N–H and O–H groups in total. The van der Waals surface area contributed by atoms with Crippen LogP contribution in [0.3, 0.4) is 0 Å². The fourth-order valence-electron chi connectivity index (χ4n) is 1.99. The Hall–Kier alpha value is -2.89. The highest BCUT2D eigenvalue weighted by Crippen LogP contribution is 2.17. The van der Waals surface area contributed by atoms with Crippen LogP contribution in [-0.4, -0.2) is 26.3 Å². The van der Waals surface area contributed by atoms with E-state index in [0.717, 1.165) is 23.4 Å². The molecule has 3 aromatic rings. The molecule has 0 saturated carbocycles. The summed E-state index contributed by atoms with van der Waals surface area (Å²) in [7, 11) is 0. The van der Waals surface area contributed by atoms with Crippen molar-refractivity contribution in [2.45, 2.75) is 13.3 Å². The molecule has 0 unspecified atom stereocenters. The molecule has 0 spiro atoms. The summed E-state index contributed by atoms with van der Waals surface area (Å²) in [4.78, 5) is 12.1. The lowest BCUT2D eigenvalue weighted by Gasteiger charge is -1.97. The standard InChI is InChI=1S/C15H15N5O/c1-2-11-8-14(20-17-11)16-15(21)13-9-12(18-19-13)10-6-4-3-5-7-10/h3-9H,2H2,1H3,(H,18,19)(H2,16,17,20,21). The van der Waals surface area contributed by atoms with Crippen molar-refractivity contribution in [3.8, 4) is 11.3 Å². The van der Waals surface area contributed by atoms with Gasteiger partial charge in [0, 0.05) is 17.3 Å². The van der Waals surface area contributed by atoms with Crippen molar-refractivity contribution in [1.82, 2.24) is 20.4 Å². The molecule has 2 heterocycles.